The number of thiazole rings is 1. The number of halogens is 1. The number of aryl methyl sites for hydroxylation is 1. The Morgan fingerprint density at radius 3 is 2.81 bits per heavy atom. The summed E-state index contributed by atoms with van der Waals surface area (Å²) in [6, 6.07) is 8.21. The van der Waals surface area contributed by atoms with E-state index in [1.165, 1.54) is 12.1 Å². The molecule has 0 fully saturated rings. The molecule has 136 valence electrons. The molecule has 8 heteroatoms. The van der Waals surface area contributed by atoms with Crippen molar-refractivity contribution in [2.24, 2.45) is 0 Å². The molecular formula is C18H18ClN3O3S. The Morgan fingerprint density at radius 2 is 2.19 bits per heavy atom. The van der Waals surface area contributed by atoms with E-state index in [0.29, 0.717) is 17.9 Å². The summed E-state index contributed by atoms with van der Waals surface area (Å²) in [7, 11) is 0. The summed E-state index contributed by atoms with van der Waals surface area (Å²) >= 11 is 7.81. The predicted molar refractivity (Wildman–Crippen MR) is 103 cm³/mol. The van der Waals surface area contributed by atoms with E-state index in [1.807, 2.05) is 24.4 Å². The van der Waals surface area contributed by atoms with Crippen LogP contribution < -0.4 is 5.32 Å². The smallest absolute Gasteiger partial charge is 0.270 e. The van der Waals surface area contributed by atoms with Crippen LogP contribution in [0.4, 0.5) is 5.69 Å². The van der Waals surface area contributed by atoms with E-state index in [1.54, 1.807) is 17.4 Å². The minimum absolute atomic E-state index is 0.0447. The predicted octanol–water partition coefficient (Wildman–Crippen LogP) is 5.51. The zero-order chi connectivity index (χ0) is 18.7. The molecule has 0 aliphatic rings. The van der Waals surface area contributed by atoms with Crippen molar-refractivity contribution in [1.82, 2.24) is 10.3 Å². The van der Waals surface area contributed by atoms with Gasteiger partial charge in [0.2, 0.25) is 0 Å². The maximum Gasteiger partial charge on any atom is 0.270 e. The molecule has 0 saturated carbocycles. The van der Waals surface area contributed by atoms with Crippen molar-refractivity contribution in [2.75, 3.05) is 0 Å². The van der Waals surface area contributed by atoms with Crippen LogP contribution in [0.25, 0.3) is 11.3 Å². The fourth-order valence-corrected chi connectivity index (χ4v) is 3.82. The van der Waals surface area contributed by atoms with Gasteiger partial charge in [-0.3, -0.25) is 10.1 Å². The first kappa shape index (κ1) is 18.6. The molecule has 0 saturated heterocycles. The Labute approximate surface area is 160 Å². The quantitative estimate of drug-likeness (QED) is 0.424. The molecule has 0 amide bonds. The van der Waals surface area contributed by atoms with Crippen LogP contribution in [0.3, 0.4) is 0 Å². The van der Waals surface area contributed by atoms with Crippen molar-refractivity contribution in [1.29, 1.82) is 0 Å². The van der Waals surface area contributed by atoms with E-state index >= 15 is 0 Å². The fraction of sp³-hybridized carbons (Fsp3) is 0.278. The molecule has 1 aromatic carbocycles. The van der Waals surface area contributed by atoms with Crippen LogP contribution in [-0.4, -0.2) is 9.91 Å². The molecule has 0 radical (unpaired) electrons. The maximum atomic E-state index is 10.8. The van der Waals surface area contributed by atoms with Gasteiger partial charge in [0.05, 0.1) is 22.5 Å². The second-order valence-electron chi connectivity index (χ2n) is 5.86. The van der Waals surface area contributed by atoms with E-state index in [-0.39, 0.29) is 16.8 Å². The summed E-state index contributed by atoms with van der Waals surface area (Å²) in [5.74, 6) is 1.35. The summed E-state index contributed by atoms with van der Waals surface area (Å²) in [5.41, 5.74) is 1.61. The van der Waals surface area contributed by atoms with Gasteiger partial charge in [0.25, 0.3) is 5.69 Å². The average molecular weight is 392 g/mol. The van der Waals surface area contributed by atoms with Gasteiger partial charge in [-0.2, -0.15) is 0 Å². The molecule has 26 heavy (non-hydrogen) atoms. The first-order valence-corrected chi connectivity index (χ1v) is 9.42. The van der Waals surface area contributed by atoms with Gasteiger partial charge in [-0.05, 0) is 31.5 Å². The number of benzene rings is 1. The highest BCUT2D eigenvalue weighted by atomic mass is 35.5. The largest absolute Gasteiger partial charge is 0.460 e. The molecular weight excluding hydrogens is 374 g/mol. The van der Waals surface area contributed by atoms with E-state index in [4.69, 9.17) is 16.0 Å². The van der Waals surface area contributed by atoms with E-state index in [2.05, 4.69) is 17.2 Å². The van der Waals surface area contributed by atoms with Gasteiger partial charge in [0.1, 0.15) is 16.5 Å². The standard InChI is InChI=1S/C18H18ClN3O3S/c1-3-16(18-21-11(2)10-26-18)20-9-13-5-7-17(25-13)14-6-4-12(22(23)24)8-15(14)19/h4-8,10,16,20H,3,9H2,1-2H3. The molecule has 0 aliphatic heterocycles. The van der Waals surface area contributed by atoms with Gasteiger partial charge in [0.15, 0.2) is 0 Å². The SMILES string of the molecule is CCC(NCc1ccc(-c2ccc([N+](=O)[O-])cc2Cl)o1)c1nc(C)cs1. The average Bonchev–Trinajstić information content (AvgIpc) is 3.25. The minimum Gasteiger partial charge on any atom is -0.460 e. The lowest BCUT2D eigenvalue weighted by atomic mass is 10.1. The summed E-state index contributed by atoms with van der Waals surface area (Å²) in [6.45, 7) is 4.65. The maximum absolute atomic E-state index is 10.8. The number of non-ortho nitro benzene ring substituents is 1. The minimum atomic E-state index is -0.474. The molecule has 2 heterocycles. The number of rotatable bonds is 7. The molecule has 1 unspecified atom stereocenters. The van der Waals surface area contributed by atoms with Crippen molar-refractivity contribution in [3.63, 3.8) is 0 Å². The second-order valence-corrected chi connectivity index (χ2v) is 7.15. The third-order valence-corrected chi connectivity index (χ3v) is 5.35. The van der Waals surface area contributed by atoms with Gasteiger partial charge in [-0.15, -0.1) is 11.3 Å². The number of nitro groups is 1. The van der Waals surface area contributed by atoms with Gasteiger partial charge >= 0.3 is 0 Å². The monoisotopic (exact) mass is 391 g/mol. The molecule has 3 rings (SSSR count). The number of aromatic nitrogens is 1. The molecule has 0 bridgehead atoms. The topological polar surface area (TPSA) is 81.2 Å². The molecule has 0 spiro atoms. The van der Waals surface area contributed by atoms with Gasteiger partial charge in [-0.25, -0.2) is 4.98 Å². The highest BCUT2D eigenvalue weighted by molar-refractivity contribution is 7.09. The van der Waals surface area contributed by atoms with Crippen molar-refractivity contribution in [3.05, 3.63) is 67.3 Å². The van der Waals surface area contributed by atoms with Crippen molar-refractivity contribution >= 4 is 28.6 Å². The molecule has 0 aliphatic carbocycles. The molecule has 3 aromatic rings. The summed E-state index contributed by atoms with van der Waals surface area (Å²) in [6.07, 6.45) is 0.925. The Balaban J connectivity index is 1.71. The zero-order valence-electron chi connectivity index (χ0n) is 14.4. The van der Waals surface area contributed by atoms with Gasteiger partial charge < -0.3 is 9.73 Å². The Kier molecular flexibility index (Phi) is 5.70. The number of nitrogens with zero attached hydrogens (tertiary/aromatic N) is 2. The van der Waals surface area contributed by atoms with Crippen LogP contribution in [0.1, 0.15) is 35.8 Å². The van der Waals surface area contributed by atoms with Crippen molar-refractivity contribution in [2.45, 2.75) is 32.9 Å². The van der Waals surface area contributed by atoms with Crippen LogP contribution in [-0.2, 0) is 6.54 Å². The van der Waals surface area contributed by atoms with Crippen molar-refractivity contribution < 1.29 is 9.34 Å². The van der Waals surface area contributed by atoms with Crippen LogP contribution >= 0.6 is 22.9 Å². The van der Waals surface area contributed by atoms with E-state index in [0.717, 1.165) is 22.9 Å². The third kappa shape index (κ3) is 4.12. The first-order valence-electron chi connectivity index (χ1n) is 8.16. The van der Waals surface area contributed by atoms with E-state index in [9.17, 15) is 10.1 Å². The summed E-state index contributed by atoms with van der Waals surface area (Å²) < 4.78 is 5.85. The van der Waals surface area contributed by atoms with Crippen LogP contribution in [0.15, 0.2) is 40.1 Å². The summed E-state index contributed by atoms with van der Waals surface area (Å²) in [4.78, 5) is 14.9. The fourth-order valence-electron chi connectivity index (χ4n) is 2.60. The molecule has 1 atom stereocenters. The lowest BCUT2D eigenvalue weighted by Gasteiger charge is -2.13. The van der Waals surface area contributed by atoms with Gasteiger partial charge in [0, 0.05) is 28.8 Å². The third-order valence-electron chi connectivity index (χ3n) is 3.96. The molecule has 6 nitrogen and oxygen atoms in total. The molecule has 2 aromatic heterocycles. The number of hydrogen-bond acceptors (Lipinski definition) is 6. The Morgan fingerprint density at radius 1 is 1.38 bits per heavy atom. The van der Waals surface area contributed by atoms with Crippen LogP contribution in [0.5, 0.6) is 0 Å². The highest BCUT2D eigenvalue weighted by Crippen LogP contribution is 2.32. The Hall–Kier alpha value is -2.22. The normalized spacial score (nSPS) is 12.3. The number of furan rings is 1. The van der Waals surface area contributed by atoms with Crippen molar-refractivity contribution in [3.8, 4) is 11.3 Å². The number of hydrogen-bond donors (Lipinski definition) is 1. The Bertz CT molecular complexity index is 922. The number of nitrogens with one attached hydrogen (secondary N) is 1. The van der Waals surface area contributed by atoms with Crippen LogP contribution in [0.2, 0.25) is 5.02 Å². The van der Waals surface area contributed by atoms with E-state index < -0.39 is 4.92 Å². The second kappa shape index (κ2) is 7.99. The zero-order valence-corrected chi connectivity index (χ0v) is 15.9. The first-order chi connectivity index (χ1) is 12.5. The van der Waals surface area contributed by atoms with Crippen LogP contribution in [0, 0.1) is 17.0 Å². The van der Waals surface area contributed by atoms with Gasteiger partial charge in [-0.1, -0.05) is 18.5 Å². The lowest BCUT2D eigenvalue weighted by molar-refractivity contribution is -0.384. The molecule has 1 N–H and O–H groups in total. The lowest BCUT2D eigenvalue weighted by Crippen LogP contribution is -2.19. The summed E-state index contributed by atoms with van der Waals surface area (Å²) in [5, 5.41) is 17.7. The highest BCUT2D eigenvalue weighted by Gasteiger charge is 2.16. The number of nitro benzene ring substituents is 1.